The first kappa shape index (κ1) is 14.2. The largest absolute Gasteiger partial charge is 0.375 e. The Morgan fingerprint density at radius 2 is 1.94 bits per heavy atom. The number of hydrogen-bond acceptors (Lipinski definition) is 3. The fourth-order valence-corrected chi connectivity index (χ4v) is 1.23. The van der Waals surface area contributed by atoms with Gasteiger partial charge >= 0.3 is 0 Å². The molecule has 0 aliphatic carbocycles. The molecule has 1 amide bonds. The van der Waals surface area contributed by atoms with Crippen LogP contribution in [0.25, 0.3) is 0 Å². The van der Waals surface area contributed by atoms with E-state index in [-0.39, 0.29) is 12.5 Å². The summed E-state index contributed by atoms with van der Waals surface area (Å²) in [6.07, 6.45) is 0. The molecule has 0 spiro atoms. The number of ether oxygens (including phenoxy) is 1. The lowest BCUT2D eigenvalue weighted by molar-refractivity contribution is -0.119. The highest BCUT2D eigenvalue weighted by Gasteiger charge is 2.01. The summed E-state index contributed by atoms with van der Waals surface area (Å²) in [5.41, 5.74) is 1.59. The first-order valence-corrected chi connectivity index (χ1v) is 5.64. The first-order chi connectivity index (χ1) is 8.52. The van der Waals surface area contributed by atoms with Gasteiger partial charge < -0.3 is 15.0 Å². The molecule has 0 saturated heterocycles. The zero-order chi connectivity index (χ0) is 13.5. The van der Waals surface area contributed by atoms with Crippen molar-refractivity contribution in [1.29, 1.82) is 0 Å². The van der Waals surface area contributed by atoms with Gasteiger partial charge in [-0.15, -0.1) is 0 Å². The summed E-state index contributed by atoms with van der Waals surface area (Å²) in [5, 5.41) is 2.72. The average molecular weight is 249 g/mol. The Balaban J connectivity index is 2.68. The molecular weight excluding hydrogens is 230 g/mol. The molecule has 0 fully saturated rings. The molecule has 0 aliphatic heterocycles. The minimum atomic E-state index is -0.168. The summed E-state index contributed by atoms with van der Waals surface area (Å²) in [6, 6.07) is 7.34. The van der Waals surface area contributed by atoms with Crippen LogP contribution in [0.1, 0.15) is 6.92 Å². The zero-order valence-corrected chi connectivity index (χ0v) is 11.2. The van der Waals surface area contributed by atoms with Crippen molar-refractivity contribution in [3.05, 3.63) is 24.3 Å². The number of nitrogens with one attached hydrogen (secondary N) is 1. The van der Waals surface area contributed by atoms with Gasteiger partial charge in [-0.05, 0) is 31.2 Å². The Labute approximate surface area is 107 Å². The molecule has 0 radical (unpaired) electrons. The number of amides is 1. The maximum Gasteiger partial charge on any atom is 0.250 e. The van der Waals surface area contributed by atoms with Gasteiger partial charge in [0.2, 0.25) is 5.91 Å². The van der Waals surface area contributed by atoms with E-state index in [1.165, 1.54) is 7.11 Å². The Kier molecular flexibility index (Phi) is 5.32. The molecule has 18 heavy (non-hydrogen) atoms. The van der Waals surface area contributed by atoms with Crippen LogP contribution in [0.15, 0.2) is 29.3 Å². The van der Waals surface area contributed by atoms with E-state index in [1.807, 2.05) is 50.2 Å². The van der Waals surface area contributed by atoms with Crippen molar-refractivity contribution in [2.45, 2.75) is 6.92 Å². The smallest absolute Gasteiger partial charge is 0.250 e. The van der Waals surface area contributed by atoms with Crippen LogP contribution in [0.4, 0.5) is 11.4 Å². The summed E-state index contributed by atoms with van der Waals surface area (Å²) in [6.45, 7) is 1.99. The van der Waals surface area contributed by atoms with E-state index >= 15 is 0 Å². The van der Waals surface area contributed by atoms with Crippen molar-refractivity contribution >= 4 is 23.1 Å². The van der Waals surface area contributed by atoms with Crippen molar-refractivity contribution in [1.82, 2.24) is 4.90 Å². The Bertz CT molecular complexity index is 424. The average Bonchev–Trinajstić information content (AvgIpc) is 2.31. The second kappa shape index (κ2) is 6.76. The molecule has 0 aliphatic rings. The lowest BCUT2D eigenvalue weighted by Crippen LogP contribution is -2.18. The molecule has 0 heterocycles. The normalized spacial score (nSPS) is 11.2. The predicted molar refractivity (Wildman–Crippen MR) is 73.4 cm³/mol. The quantitative estimate of drug-likeness (QED) is 0.655. The Morgan fingerprint density at radius 3 is 2.44 bits per heavy atom. The summed E-state index contributed by atoms with van der Waals surface area (Å²) in [4.78, 5) is 17.7. The van der Waals surface area contributed by atoms with Gasteiger partial charge in [0.05, 0.1) is 5.69 Å². The summed E-state index contributed by atoms with van der Waals surface area (Å²) < 4.78 is 4.74. The number of carbonyl (C=O) groups excluding carboxylic acids is 1. The third-order valence-electron chi connectivity index (χ3n) is 2.36. The van der Waals surface area contributed by atoms with E-state index in [4.69, 9.17) is 4.74 Å². The van der Waals surface area contributed by atoms with Gasteiger partial charge in [-0.1, -0.05) is 0 Å². The number of anilines is 1. The number of nitrogens with zero attached hydrogens (tertiary/aromatic N) is 2. The molecule has 98 valence electrons. The Hall–Kier alpha value is -1.88. The third kappa shape index (κ3) is 4.55. The van der Waals surface area contributed by atoms with Crippen LogP contribution < -0.4 is 5.32 Å². The SMILES string of the molecule is COCC(=O)Nc1ccc(/N=C(/C)N(C)C)cc1. The molecule has 5 nitrogen and oxygen atoms in total. The zero-order valence-electron chi connectivity index (χ0n) is 11.2. The third-order valence-corrected chi connectivity index (χ3v) is 2.36. The fraction of sp³-hybridized carbons (Fsp3) is 0.385. The van der Waals surface area contributed by atoms with Crippen molar-refractivity contribution in [3.8, 4) is 0 Å². The number of carbonyl (C=O) groups is 1. The summed E-state index contributed by atoms with van der Waals surface area (Å²) >= 11 is 0. The van der Waals surface area contributed by atoms with Crippen LogP contribution in [-0.4, -0.2) is 44.5 Å². The monoisotopic (exact) mass is 249 g/mol. The number of benzene rings is 1. The summed E-state index contributed by atoms with van der Waals surface area (Å²) in [5.74, 6) is 0.754. The van der Waals surface area contributed by atoms with Gasteiger partial charge in [0, 0.05) is 26.9 Å². The maximum atomic E-state index is 11.3. The van der Waals surface area contributed by atoms with Crippen molar-refractivity contribution in [2.75, 3.05) is 33.1 Å². The van der Waals surface area contributed by atoms with Gasteiger partial charge in [0.25, 0.3) is 0 Å². The Morgan fingerprint density at radius 1 is 1.33 bits per heavy atom. The molecule has 0 bridgehead atoms. The van der Waals surface area contributed by atoms with Gasteiger partial charge in [-0.25, -0.2) is 4.99 Å². The lowest BCUT2D eigenvalue weighted by atomic mass is 10.3. The molecule has 0 atom stereocenters. The van der Waals surface area contributed by atoms with Gasteiger partial charge in [-0.2, -0.15) is 0 Å². The van der Waals surface area contributed by atoms with Gasteiger partial charge in [0.15, 0.2) is 0 Å². The van der Waals surface area contributed by atoms with E-state index in [9.17, 15) is 4.79 Å². The molecule has 1 N–H and O–H groups in total. The van der Waals surface area contributed by atoms with E-state index in [0.717, 1.165) is 17.2 Å². The molecule has 0 unspecified atom stereocenters. The maximum absolute atomic E-state index is 11.3. The standard InChI is InChI=1S/C13H19N3O2/c1-10(16(2)3)14-11-5-7-12(8-6-11)15-13(17)9-18-4/h5-8H,9H2,1-4H3,(H,15,17)/b14-10-. The van der Waals surface area contributed by atoms with Crippen LogP contribution in [0, 0.1) is 0 Å². The molecule has 0 saturated carbocycles. The van der Waals surface area contributed by atoms with E-state index < -0.39 is 0 Å². The molecule has 1 rings (SSSR count). The number of aliphatic imine (C=N–C) groups is 1. The highest BCUT2D eigenvalue weighted by atomic mass is 16.5. The van der Waals surface area contributed by atoms with Crippen molar-refractivity contribution in [3.63, 3.8) is 0 Å². The predicted octanol–water partition coefficient (Wildman–Crippen LogP) is 1.88. The lowest BCUT2D eigenvalue weighted by Gasteiger charge is -2.11. The molecule has 0 aromatic heterocycles. The second-order valence-corrected chi connectivity index (χ2v) is 4.08. The summed E-state index contributed by atoms with van der Waals surface area (Å²) in [7, 11) is 5.37. The number of methoxy groups -OCH3 is 1. The first-order valence-electron chi connectivity index (χ1n) is 5.64. The highest BCUT2D eigenvalue weighted by Crippen LogP contribution is 2.16. The van der Waals surface area contributed by atoms with Crippen molar-refractivity contribution in [2.24, 2.45) is 4.99 Å². The van der Waals surface area contributed by atoms with E-state index in [0.29, 0.717) is 0 Å². The van der Waals surface area contributed by atoms with Crippen LogP contribution >= 0.6 is 0 Å². The van der Waals surface area contributed by atoms with Crippen molar-refractivity contribution < 1.29 is 9.53 Å². The second-order valence-electron chi connectivity index (χ2n) is 4.08. The van der Waals surface area contributed by atoms with Crippen LogP contribution in [0.5, 0.6) is 0 Å². The molecule has 1 aromatic carbocycles. The van der Waals surface area contributed by atoms with Gasteiger partial charge in [0.1, 0.15) is 12.4 Å². The fourth-order valence-electron chi connectivity index (χ4n) is 1.23. The highest BCUT2D eigenvalue weighted by molar-refractivity contribution is 5.91. The van der Waals surface area contributed by atoms with Crippen LogP contribution in [0.3, 0.4) is 0 Å². The van der Waals surface area contributed by atoms with Gasteiger partial charge in [-0.3, -0.25) is 4.79 Å². The topological polar surface area (TPSA) is 53.9 Å². The van der Waals surface area contributed by atoms with E-state index in [2.05, 4.69) is 10.3 Å². The number of amidine groups is 1. The number of hydrogen-bond donors (Lipinski definition) is 1. The number of rotatable bonds is 4. The minimum Gasteiger partial charge on any atom is -0.375 e. The molecular formula is C13H19N3O2. The minimum absolute atomic E-state index is 0.0552. The van der Waals surface area contributed by atoms with Crippen LogP contribution in [0.2, 0.25) is 0 Å². The molecule has 5 heteroatoms. The molecule has 1 aromatic rings. The van der Waals surface area contributed by atoms with E-state index in [1.54, 1.807) is 0 Å². The van der Waals surface area contributed by atoms with Crippen LogP contribution in [-0.2, 0) is 9.53 Å².